The Morgan fingerprint density at radius 2 is 1.14 bits per heavy atom. The molecule has 0 aliphatic rings. The summed E-state index contributed by atoms with van der Waals surface area (Å²) < 4.78 is 136. The third kappa shape index (κ3) is 3.74. The smallest absolute Gasteiger partial charge is 0.258 e. The largest absolute Gasteiger partial charge is 0.430 e. The van der Waals surface area contributed by atoms with E-state index in [1.165, 1.54) is 0 Å². The zero-order valence-corrected chi connectivity index (χ0v) is 11.8. The number of alkyl halides is 11. The molecule has 3 nitrogen and oxygen atoms in total. The summed E-state index contributed by atoms with van der Waals surface area (Å²) in [6.07, 6.45) is -6.84. The highest BCUT2D eigenvalue weighted by Crippen LogP contribution is 2.54. The molecule has 0 aromatic carbocycles. The van der Waals surface area contributed by atoms with Crippen molar-refractivity contribution in [1.82, 2.24) is 0 Å². The van der Waals surface area contributed by atoms with Crippen molar-refractivity contribution in [3.63, 3.8) is 0 Å². The van der Waals surface area contributed by atoms with Gasteiger partial charge >= 0.3 is 37.0 Å². The van der Waals surface area contributed by atoms with Crippen LogP contribution in [0.1, 0.15) is 0 Å². The molecule has 1 atom stereocenters. The van der Waals surface area contributed by atoms with Gasteiger partial charge in [-0.2, -0.15) is 39.5 Å². The Morgan fingerprint density at radius 1 is 0.810 bits per heavy atom. The van der Waals surface area contributed by atoms with Gasteiger partial charge in [0.15, 0.2) is 0 Å². The zero-order valence-electron chi connectivity index (χ0n) is 8.67. The van der Waals surface area contributed by atoms with Crippen LogP contribution in [-0.2, 0) is 13.8 Å². The molecule has 0 N–H and O–H groups in total. The van der Waals surface area contributed by atoms with Gasteiger partial charge in [-0.1, -0.05) is 0 Å². The van der Waals surface area contributed by atoms with Gasteiger partial charge < -0.3 is 0 Å². The SMILES string of the molecule is O=S(=O)(Cl)C(F)(F)C(F)(F)C(F)(F)OC(F)(Cl)C(F)(F)Cl. The minimum Gasteiger partial charge on any atom is -0.258 e. The lowest BCUT2D eigenvalue weighted by Crippen LogP contribution is -2.60. The summed E-state index contributed by atoms with van der Waals surface area (Å²) in [6, 6.07) is 0. The van der Waals surface area contributed by atoms with Gasteiger partial charge in [0.2, 0.25) is 0 Å². The molecule has 0 aromatic rings. The Kier molecular flexibility index (Phi) is 5.39. The first-order chi connectivity index (χ1) is 8.71. The molecular formula is C5Cl3F9O3S. The number of rotatable bonds is 6. The fourth-order valence-electron chi connectivity index (χ4n) is 0.605. The number of halogens is 12. The number of ether oxygens (including phenoxy) is 1. The van der Waals surface area contributed by atoms with Crippen molar-refractivity contribution in [1.29, 1.82) is 0 Å². The van der Waals surface area contributed by atoms with E-state index in [4.69, 9.17) is 0 Å². The van der Waals surface area contributed by atoms with Crippen molar-refractivity contribution in [3.8, 4) is 0 Å². The van der Waals surface area contributed by atoms with Crippen molar-refractivity contribution in [3.05, 3.63) is 0 Å². The van der Waals surface area contributed by atoms with Crippen molar-refractivity contribution in [2.45, 2.75) is 28.0 Å². The highest BCUT2D eigenvalue weighted by atomic mass is 35.7. The van der Waals surface area contributed by atoms with Gasteiger partial charge in [0.05, 0.1) is 0 Å². The van der Waals surface area contributed by atoms with Crippen molar-refractivity contribution < 1.29 is 52.7 Å². The average molecular weight is 417 g/mol. The van der Waals surface area contributed by atoms with Gasteiger partial charge in [-0.3, -0.25) is 4.74 Å². The van der Waals surface area contributed by atoms with Crippen LogP contribution >= 0.6 is 33.9 Å². The van der Waals surface area contributed by atoms with E-state index in [1.807, 2.05) is 0 Å². The van der Waals surface area contributed by atoms with Gasteiger partial charge in [-0.25, -0.2) is 8.42 Å². The lowest BCUT2D eigenvalue weighted by molar-refractivity contribution is -0.424. The minimum absolute atomic E-state index is 2.07. The summed E-state index contributed by atoms with van der Waals surface area (Å²) in [5.41, 5.74) is 0. The van der Waals surface area contributed by atoms with Crippen molar-refractivity contribution in [2.24, 2.45) is 0 Å². The topological polar surface area (TPSA) is 43.4 Å². The Bertz CT molecular complexity index is 499. The molecule has 0 amide bonds. The first-order valence-electron chi connectivity index (χ1n) is 3.93. The van der Waals surface area contributed by atoms with Gasteiger partial charge in [-0.15, -0.1) is 0 Å². The highest BCUT2D eigenvalue weighted by molar-refractivity contribution is 8.14. The predicted octanol–water partition coefficient (Wildman–Crippen LogP) is 4.09. The van der Waals surface area contributed by atoms with E-state index in [2.05, 4.69) is 38.6 Å². The van der Waals surface area contributed by atoms with E-state index in [1.54, 1.807) is 0 Å². The molecule has 0 aliphatic heterocycles. The summed E-state index contributed by atoms with van der Waals surface area (Å²) in [5.74, 6) is -7.07. The molecule has 0 saturated heterocycles. The maximum Gasteiger partial charge on any atom is 0.430 e. The molecule has 0 bridgehead atoms. The third-order valence-electron chi connectivity index (χ3n) is 1.62. The van der Waals surface area contributed by atoms with Crippen LogP contribution in [0.3, 0.4) is 0 Å². The normalized spacial score (nSPS) is 18.5. The first kappa shape index (κ1) is 21.1. The van der Waals surface area contributed by atoms with Crippen LogP contribution in [0.5, 0.6) is 0 Å². The molecule has 0 aliphatic carbocycles. The fraction of sp³-hybridized carbons (Fsp3) is 1.00. The molecule has 1 unspecified atom stereocenters. The van der Waals surface area contributed by atoms with E-state index in [0.29, 0.717) is 0 Å². The zero-order chi connectivity index (χ0) is 17.7. The molecule has 0 saturated carbocycles. The van der Waals surface area contributed by atoms with E-state index in [0.717, 1.165) is 0 Å². The fourth-order valence-corrected chi connectivity index (χ4v) is 1.46. The summed E-state index contributed by atoms with van der Waals surface area (Å²) >= 11 is 7.77. The van der Waals surface area contributed by atoms with Crippen molar-refractivity contribution in [2.75, 3.05) is 0 Å². The van der Waals surface area contributed by atoms with Crippen LogP contribution in [0.15, 0.2) is 0 Å². The van der Waals surface area contributed by atoms with Gasteiger partial charge in [0, 0.05) is 10.7 Å². The summed E-state index contributed by atoms with van der Waals surface area (Å²) in [5, 5.41) is -17.9. The van der Waals surface area contributed by atoms with Crippen LogP contribution in [0.25, 0.3) is 0 Å². The maximum absolute atomic E-state index is 12.8. The predicted molar refractivity (Wildman–Crippen MR) is 51.2 cm³/mol. The maximum atomic E-state index is 12.8. The third-order valence-corrected chi connectivity index (χ3v) is 3.73. The summed E-state index contributed by atoms with van der Waals surface area (Å²) in [7, 11) is -2.86. The lowest BCUT2D eigenvalue weighted by Gasteiger charge is -2.33. The molecular weight excluding hydrogens is 417 g/mol. The lowest BCUT2D eigenvalue weighted by atomic mass is 10.3. The molecule has 0 heterocycles. The van der Waals surface area contributed by atoms with Crippen LogP contribution in [0.2, 0.25) is 0 Å². The summed E-state index contributed by atoms with van der Waals surface area (Å²) in [6.45, 7) is 0. The van der Waals surface area contributed by atoms with Crippen LogP contribution in [0, 0.1) is 0 Å². The van der Waals surface area contributed by atoms with Crippen molar-refractivity contribution >= 4 is 42.9 Å². The van der Waals surface area contributed by atoms with Crippen LogP contribution in [0.4, 0.5) is 39.5 Å². The van der Waals surface area contributed by atoms with E-state index < -0.39 is 37.0 Å². The summed E-state index contributed by atoms with van der Waals surface area (Å²) in [4.78, 5) is 0. The molecule has 0 fully saturated rings. The molecule has 0 aromatic heterocycles. The van der Waals surface area contributed by atoms with Gasteiger partial charge in [0.1, 0.15) is 0 Å². The van der Waals surface area contributed by atoms with E-state index in [9.17, 15) is 47.9 Å². The van der Waals surface area contributed by atoms with Gasteiger partial charge in [-0.05, 0) is 23.2 Å². The first-order valence-corrected chi connectivity index (χ1v) is 6.99. The Morgan fingerprint density at radius 3 is 1.38 bits per heavy atom. The average Bonchev–Trinajstić information content (AvgIpc) is 2.11. The Labute approximate surface area is 124 Å². The second-order valence-corrected chi connectivity index (χ2v) is 6.73. The molecule has 0 rings (SSSR count). The van der Waals surface area contributed by atoms with Gasteiger partial charge in [0.25, 0.3) is 0 Å². The standard InChI is InChI=1S/C5Cl3F9O3S/c6-2(11,12)3(7,13)20-4(14,15)1(9,10)5(16,17)21(8,18)19. The molecule has 16 heteroatoms. The number of hydrogen-bond acceptors (Lipinski definition) is 3. The van der Waals surface area contributed by atoms with Crippen LogP contribution in [-0.4, -0.2) is 36.4 Å². The van der Waals surface area contributed by atoms with Crippen LogP contribution < -0.4 is 0 Å². The quantitative estimate of drug-likeness (QED) is 0.372. The molecule has 0 spiro atoms. The monoisotopic (exact) mass is 416 g/mol. The molecule has 21 heavy (non-hydrogen) atoms. The van der Waals surface area contributed by atoms with E-state index >= 15 is 0 Å². The molecule has 128 valence electrons. The second-order valence-electron chi connectivity index (χ2n) is 3.16. The minimum atomic E-state index is -7.07. The Hall–Kier alpha value is 0.150. The van der Waals surface area contributed by atoms with E-state index in [-0.39, 0.29) is 0 Å². The Balaban J connectivity index is 5.83. The number of hydrogen-bond donors (Lipinski definition) is 0. The molecule has 0 radical (unpaired) electrons. The second kappa shape index (κ2) is 5.35. The highest BCUT2D eigenvalue weighted by Gasteiger charge is 2.80.